The number of allylic oxidation sites excluding steroid dienone is 1. The minimum Gasteiger partial charge on any atom is -0.460 e. The summed E-state index contributed by atoms with van der Waals surface area (Å²) in [4.78, 5) is 24.8. The molecule has 156 valence electrons. The van der Waals surface area contributed by atoms with Crippen molar-refractivity contribution in [3.63, 3.8) is 0 Å². The topological polar surface area (TPSA) is 145 Å². The first-order valence-electron chi connectivity index (χ1n) is 9.71. The standard InChI is InChI=1S/C20H28O8/c1-7-5-10(21)15(24)18(3)9(7)6-11-19(4)14(18)13(23)12(22)8(2)20(19,27)16(25)17(26)28-11/h5,8-9,11-16,22-25,27H,6H2,1-4H3/t8-,9-,11+,12+,13-,14-,15+,16-,18-,19+,20-/m0/s1. The Bertz CT molecular complexity index is 778. The number of carbonyl (C=O) groups is 2. The van der Waals surface area contributed by atoms with Gasteiger partial charge in [-0.15, -0.1) is 0 Å². The Morgan fingerprint density at radius 2 is 1.68 bits per heavy atom. The number of ether oxygens (including phenoxy) is 1. The first-order chi connectivity index (χ1) is 12.8. The lowest BCUT2D eigenvalue weighted by Crippen LogP contribution is -2.83. The van der Waals surface area contributed by atoms with Gasteiger partial charge in [0.1, 0.15) is 17.8 Å². The van der Waals surface area contributed by atoms with Gasteiger partial charge in [-0.05, 0) is 25.3 Å². The molecule has 3 aliphatic carbocycles. The van der Waals surface area contributed by atoms with Crippen LogP contribution < -0.4 is 0 Å². The lowest BCUT2D eigenvalue weighted by atomic mass is 9.36. The molecule has 11 atom stereocenters. The highest BCUT2D eigenvalue weighted by Gasteiger charge is 2.79. The number of rotatable bonds is 0. The molecule has 5 N–H and O–H groups in total. The minimum atomic E-state index is -2.10. The van der Waals surface area contributed by atoms with Crippen molar-refractivity contribution < 1.29 is 39.9 Å². The fraction of sp³-hybridized carbons (Fsp3) is 0.800. The molecular weight excluding hydrogens is 368 g/mol. The molecule has 0 aromatic heterocycles. The maximum absolute atomic E-state index is 12.5. The van der Waals surface area contributed by atoms with Crippen molar-refractivity contribution in [1.29, 1.82) is 0 Å². The summed E-state index contributed by atoms with van der Waals surface area (Å²) in [7, 11) is 0. The molecule has 0 unspecified atom stereocenters. The zero-order chi connectivity index (χ0) is 21.0. The zero-order valence-corrected chi connectivity index (χ0v) is 16.4. The van der Waals surface area contributed by atoms with Crippen molar-refractivity contribution in [2.75, 3.05) is 0 Å². The average molecular weight is 396 g/mol. The number of aliphatic hydroxyl groups is 5. The van der Waals surface area contributed by atoms with Gasteiger partial charge >= 0.3 is 5.97 Å². The van der Waals surface area contributed by atoms with E-state index in [4.69, 9.17) is 4.74 Å². The highest BCUT2D eigenvalue weighted by atomic mass is 16.6. The predicted octanol–water partition coefficient (Wildman–Crippen LogP) is -1.09. The summed E-state index contributed by atoms with van der Waals surface area (Å²) in [5, 5.41) is 55.0. The molecule has 4 aliphatic rings. The molecule has 1 saturated heterocycles. The van der Waals surface area contributed by atoms with Crippen LogP contribution in [0.15, 0.2) is 11.6 Å². The average Bonchev–Trinajstić information content (AvgIpc) is 2.63. The van der Waals surface area contributed by atoms with Crippen LogP contribution in [0.3, 0.4) is 0 Å². The zero-order valence-electron chi connectivity index (χ0n) is 16.4. The molecule has 3 fully saturated rings. The van der Waals surface area contributed by atoms with Crippen molar-refractivity contribution in [3.05, 3.63) is 11.6 Å². The third-order valence-electron chi connectivity index (χ3n) is 8.62. The molecule has 0 aromatic rings. The van der Waals surface area contributed by atoms with Crippen molar-refractivity contribution in [2.45, 2.75) is 70.2 Å². The highest BCUT2D eigenvalue weighted by Crippen LogP contribution is 2.69. The fourth-order valence-electron chi connectivity index (χ4n) is 7.10. The molecule has 1 heterocycles. The van der Waals surface area contributed by atoms with E-state index in [0.717, 1.165) is 0 Å². The summed E-state index contributed by atoms with van der Waals surface area (Å²) < 4.78 is 5.51. The molecule has 0 bridgehead atoms. The van der Waals surface area contributed by atoms with Crippen LogP contribution in [0.1, 0.15) is 34.1 Å². The lowest BCUT2D eigenvalue weighted by Gasteiger charge is -2.71. The van der Waals surface area contributed by atoms with Crippen LogP contribution in [-0.4, -0.2) is 73.4 Å². The van der Waals surface area contributed by atoms with Crippen molar-refractivity contribution in [2.24, 2.45) is 28.6 Å². The monoisotopic (exact) mass is 396 g/mol. The molecule has 8 heteroatoms. The molecule has 0 spiro atoms. The molecule has 0 amide bonds. The second-order valence-electron chi connectivity index (χ2n) is 9.53. The van der Waals surface area contributed by atoms with E-state index in [-0.39, 0.29) is 6.42 Å². The Morgan fingerprint density at radius 3 is 2.29 bits per heavy atom. The van der Waals surface area contributed by atoms with E-state index in [2.05, 4.69) is 0 Å². The summed E-state index contributed by atoms with van der Waals surface area (Å²) >= 11 is 0. The molecule has 28 heavy (non-hydrogen) atoms. The van der Waals surface area contributed by atoms with Gasteiger partial charge in [0.05, 0.1) is 12.2 Å². The van der Waals surface area contributed by atoms with Gasteiger partial charge in [-0.3, -0.25) is 4.79 Å². The van der Waals surface area contributed by atoms with E-state index in [1.54, 1.807) is 20.8 Å². The first kappa shape index (κ1) is 20.0. The summed E-state index contributed by atoms with van der Waals surface area (Å²) in [6.07, 6.45) is -5.50. The number of esters is 1. The number of hydrogen-bond donors (Lipinski definition) is 5. The fourth-order valence-corrected chi connectivity index (χ4v) is 7.10. The highest BCUT2D eigenvalue weighted by molar-refractivity contribution is 5.96. The second kappa shape index (κ2) is 5.64. The van der Waals surface area contributed by atoms with E-state index in [1.807, 2.05) is 0 Å². The normalized spacial score (nSPS) is 58.4. The van der Waals surface area contributed by atoms with Crippen LogP contribution in [-0.2, 0) is 14.3 Å². The molecule has 1 aliphatic heterocycles. The predicted molar refractivity (Wildman–Crippen MR) is 94.6 cm³/mol. The third kappa shape index (κ3) is 1.89. The summed E-state index contributed by atoms with van der Waals surface area (Å²) in [6.45, 7) is 6.49. The van der Waals surface area contributed by atoms with Crippen LogP contribution in [0.2, 0.25) is 0 Å². The molecule has 8 nitrogen and oxygen atoms in total. The Morgan fingerprint density at radius 1 is 1.07 bits per heavy atom. The van der Waals surface area contributed by atoms with E-state index in [1.165, 1.54) is 13.0 Å². The van der Waals surface area contributed by atoms with Gasteiger partial charge in [0.25, 0.3) is 0 Å². The SMILES string of the molecule is CC1=CC(=O)[C@@H](O)[C@@]2(C)[C@H]1C[C@H]1OC(=O)[C@H](O)[C@@]3(O)[C@@H](C)[C@@H](O)[C@H](O)[C@@H]2[C@@]13C. The molecule has 2 saturated carbocycles. The largest absolute Gasteiger partial charge is 0.460 e. The molecule has 0 aromatic carbocycles. The van der Waals surface area contributed by atoms with Gasteiger partial charge in [-0.2, -0.15) is 0 Å². The van der Waals surface area contributed by atoms with Crippen molar-refractivity contribution in [3.8, 4) is 0 Å². The maximum atomic E-state index is 12.5. The Balaban J connectivity index is 2.01. The summed E-state index contributed by atoms with van der Waals surface area (Å²) in [5.74, 6) is -3.94. The molecule has 0 radical (unpaired) electrons. The number of carbonyl (C=O) groups excluding carboxylic acids is 2. The number of fused-ring (bicyclic) bond motifs is 2. The van der Waals surface area contributed by atoms with Gasteiger partial charge in [0.15, 0.2) is 11.9 Å². The lowest BCUT2D eigenvalue weighted by molar-refractivity contribution is -0.356. The van der Waals surface area contributed by atoms with Crippen LogP contribution in [0.4, 0.5) is 0 Å². The van der Waals surface area contributed by atoms with Crippen molar-refractivity contribution in [1.82, 2.24) is 0 Å². The van der Waals surface area contributed by atoms with E-state index >= 15 is 0 Å². The first-order valence-corrected chi connectivity index (χ1v) is 9.71. The van der Waals surface area contributed by atoms with E-state index < -0.39 is 76.5 Å². The van der Waals surface area contributed by atoms with Gasteiger partial charge in [-0.25, -0.2) is 4.79 Å². The smallest absolute Gasteiger partial charge is 0.338 e. The van der Waals surface area contributed by atoms with Gasteiger partial charge in [0.2, 0.25) is 0 Å². The number of ketones is 1. The van der Waals surface area contributed by atoms with Crippen LogP contribution in [0, 0.1) is 28.6 Å². The van der Waals surface area contributed by atoms with Crippen LogP contribution >= 0.6 is 0 Å². The minimum absolute atomic E-state index is 0.229. The van der Waals surface area contributed by atoms with E-state index in [9.17, 15) is 35.1 Å². The molecule has 4 rings (SSSR count). The Hall–Kier alpha value is -1.32. The van der Waals surface area contributed by atoms with E-state index in [0.29, 0.717) is 5.57 Å². The third-order valence-corrected chi connectivity index (χ3v) is 8.62. The maximum Gasteiger partial charge on any atom is 0.338 e. The Labute approximate surface area is 162 Å². The summed E-state index contributed by atoms with van der Waals surface area (Å²) in [5.41, 5.74) is -4.02. The number of hydrogen-bond acceptors (Lipinski definition) is 8. The number of aliphatic hydroxyl groups excluding tert-OH is 4. The Kier molecular flexibility index (Phi) is 4.02. The van der Waals surface area contributed by atoms with Crippen LogP contribution in [0.25, 0.3) is 0 Å². The van der Waals surface area contributed by atoms with Gasteiger partial charge in [0, 0.05) is 22.7 Å². The molecular formula is C20H28O8. The van der Waals surface area contributed by atoms with Crippen molar-refractivity contribution >= 4 is 11.8 Å². The second-order valence-corrected chi connectivity index (χ2v) is 9.53. The van der Waals surface area contributed by atoms with Crippen LogP contribution in [0.5, 0.6) is 0 Å². The van der Waals surface area contributed by atoms with Gasteiger partial charge in [-0.1, -0.05) is 26.3 Å². The van der Waals surface area contributed by atoms with Gasteiger partial charge < -0.3 is 30.3 Å². The quantitative estimate of drug-likeness (QED) is 0.325. The summed E-state index contributed by atoms with van der Waals surface area (Å²) in [6, 6.07) is 0.